The van der Waals surface area contributed by atoms with Gasteiger partial charge in [0.1, 0.15) is 11.5 Å². The molecule has 24 heavy (non-hydrogen) atoms. The Morgan fingerprint density at radius 2 is 1.92 bits per heavy atom. The van der Waals surface area contributed by atoms with Crippen LogP contribution in [0.25, 0.3) is 0 Å². The number of halogens is 2. The Labute approximate surface area is 156 Å². The third-order valence-corrected chi connectivity index (χ3v) is 4.37. The van der Waals surface area contributed by atoms with E-state index in [2.05, 4.69) is 15.9 Å². The molecule has 0 radical (unpaired) electrons. The molecular weight excluding hydrogens is 392 g/mol. The Bertz CT molecular complexity index is 694. The number of rotatable bonds is 3. The summed E-state index contributed by atoms with van der Waals surface area (Å²) in [6.45, 7) is 1.41. The van der Waals surface area contributed by atoms with Crippen molar-refractivity contribution in [1.82, 2.24) is 4.90 Å². The van der Waals surface area contributed by atoms with E-state index in [-0.39, 0.29) is 24.4 Å². The number of benzene rings is 2. The van der Waals surface area contributed by atoms with E-state index in [0.29, 0.717) is 17.9 Å². The van der Waals surface area contributed by atoms with Gasteiger partial charge in [-0.2, -0.15) is 0 Å². The van der Waals surface area contributed by atoms with E-state index in [1.165, 1.54) is 0 Å². The first-order valence-electron chi connectivity index (χ1n) is 7.70. The molecule has 0 spiro atoms. The molecule has 0 aromatic heterocycles. The lowest BCUT2D eigenvalue weighted by atomic mass is 10.1. The Morgan fingerprint density at radius 3 is 2.58 bits per heavy atom. The van der Waals surface area contributed by atoms with Crippen LogP contribution in [0.1, 0.15) is 23.2 Å². The Morgan fingerprint density at radius 1 is 1.17 bits per heavy atom. The number of ether oxygens (including phenoxy) is 1. The molecule has 0 aliphatic carbocycles. The maximum Gasteiger partial charge on any atom is 0.253 e. The van der Waals surface area contributed by atoms with E-state index < -0.39 is 0 Å². The number of amides is 1. The van der Waals surface area contributed by atoms with E-state index in [0.717, 1.165) is 29.6 Å². The fourth-order valence-corrected chi connectivity index (χ4v) is 3.09. The van der Waals surface area contributed by atoms with Gasteiger partial charge in [-0.25, -0.2) is 0 Å². The third-order valence-electron chi connectivity index (χ3n) is 3.88. The number of likely N-dealkylation sites (tertiary alicyclic amines) is 1. The lowest BCUT2D eigenvalue weighted by Crippen LogP contribution is -2.45. The second-order valence-corrected chi connectivity index (χ2v) is 6.65. The van der Waals surface area contributed by atoms with Gasteiger partial charge < -0.3 is 15.4 Å². The topological polar surface area (TPSA) is 55.6 Å². The number of hydrogen-bond donors (Lipinski definition) is 1. The minimum absolute atomic E-state index is 0. The molecule has 1 saturated heterocycles. The lowest BCUT2D eigenvalue weighted by Gasteiger charge is -2.30. The van der Waals surface area contributed by atoms with E-state index in [1.807, 2.05) is 41.3 Å². The number of hydrogen-bond acceptors (Lipinski definition) is 3. The summed E-state index contributed by atoms with van der Waals surface area (Å²) in [5.41, 5.74) is 6.61. The molecule has 1 atom stereocenters. The van der Waals surface area contributed by atoms with Crippen LogP contribution < -0.4 is 10.5 Å². The molecule has 1 aliphatic heterocycles. The lowest BCUT2D eigenvalue weighted by molar-refractivity contribution is 0.0709. The summed E-state index contributed by atoms with van der Waals surface area (Å²) in [6, 6.07) is 15.0. The summed E-state index contributed by atoms with van der Waals surface area (Å²) in [6.07, 6.45) is 1.96. The zero-order valence-electron chi connectivity index (χ0n) is 13.2. The first-order chi connectivity index (χ1) is 11.1. The van der Waals surface area contributed by atoms with Crippen LogP contribution in [0.4, 0.5) is 0 Å². The van der Waals surface area contributed by atoms with Crippen molar-refractivity contribution in [2.24, 2.45) is 5.73 Å². The van der Waals surface area contributed by atoms with E-state index in [4.69, 9.17) is 10.5 Å². The third kappa shape index (κ3) is 4.72. The van der Waals surface area contributed by atoms with Crippen LogP contribution in [0.15, 0.2) is 53.0 Å². The Balaban J connectivity index is 0.00000208. The summed E-state index contributed by atoms with van der Waals surface area (Å²) < 4.78 is 6.74. The van der Waals surface area contributed by atoms with Crippen LogP contribution in [0.2, 0.25) is 0 Å². The number of nitrogens with two attached hydrogens (primary N) is 1. The van der Waals surface area contributed by atoms with Crippen molar-refractivity contribution in [2.75, 3.05) is 13.1 Å². The predicted octanol–water partition coefficient (Wildman–Crippen LogP) is 4.23. The maximum atomic E-state index is 12.5. The smallest absolute Gasteiger partial charge is 0.253 e. The van der Waals surface area contributed by atoms with Crippen molar-refractivity contribution in [2.45, 2.75) is 18.9 Å². The van der Waals surface area contributed by atoms with Crippen LogP contribution in [0, 0.1) is 0 Å². The van der Waals surface area contributed by atoms with Gasteiger partial charge in [-0.15, -0.1) is 12.4 Å². The van der Waals surface area contributed by atoms with E-state index in [9.17, 15) is 4.79 Å². The van der Waals surface area contributed by atoms with E-state index >= 15 is 0 Å². The number of carbonyl (C=O) groups excluding carboxylic acids is 1. The molecule has 1 aliphatic rings. The van der Waals surface area contributed by atoms with Crippen molar-refractivity contribution in [3.05, 3.63) is 58.6 Å². The monoisotopic (exact) mass is 410 g/mol. The highest BCUT2D eigenvalue weighted by atomic mass is 79.9. The summed E-state index contributed by atoms with van der Waals surface area (Å²) in [5.74, 6) is 1.49. The predicted molar refractivity (Wildman–Crippen MR) is 101 cm³/mol. The average molecular weight is 412 g/mol. The van der Waals surface area contributed by atoms with Gasteiger partial charge in [0.15, 0.2) is 0 Å². The molecule has 1 heterocycles. The molecule has 2 aromatic rings. The van der Waals surface area contributed by atoms with Crippen LogP contribution in [0.5, 0.6) is 11.5 Å². The van der Waals surface area contributed by atoms with Crippen molar-refractivity contribution in [1.29, 1.82) is 0 Å². The molecule has 1 amide bonds. The molecule has 1 fully saturated rings. The summed E-state index contributed by atoms with van der Waals surface area (Å²) in [4.78, 5) is 14.3. The molecule has 0 bridgehead atoms. The van der Waals surface area contributed by atoms with Gasteiger partial charge in [0.25, 0.3) is 5.91 Å². The zero-order valence-corrected chi connectivity index (χ0v) is 15.6. The molecule has 0 saturated carbocycles. The van der Waals surface area contributed by atoms with Gasteiger partial charge in [-0.3, -0.25) is 4.79 Å². The molecule has 3 rings (SSSR count). The fraction of sp³-hybridized carbons (Fsp3) is 0.278. The molecule has 6 heteroatoms. The SMILES string of the molecule is Cl.NC1CCCN(C(=O)c2ccc(Oc3cccc(Br)c3)cc2)C1. The number of carbonyl (C=O) groups is 1. The quantitative estimate of drug-likeness (QED) is 0.822. The van der Waals surface area contributed by atoms with Crippen molar-refractivity contribution < 1.29 is 9.53 Å². The highest BCUT2D eigenvalue weighted by Crippen LogP contribution is 2.25. The van der Waals surface area contributed by atoms with Crippen molar-refractivity contribution in [3.63, 3.8) is 0 Å². The highest BCUT2D eigenvalue weighted by Gasteiger charge is 2.22. The largest absolute Gasteiger partial charge is 0.457 e. The van der Waals surface area contributed by atoms with Crippen LogP contribution in [0.3, 0.4) is 0 Å². The van der Waals surface area contributed by atoms with Crippen LogP contribution in [-0.2, 0) is 0 Å². The molecular formula is C18H20BrClN2O2. The van der Waals surface area contributed by atoms with Gasteiger partial charge in [0.2, 0.25) is 0 Å². The standard InChI is InChI=1S/C18H19BrN2O2.ClH/c19-14-3-1-5-17(11-14)23-16-8-6-13(7-9-16)18(22)21-10-2-4-15(20)12-21;/h1,3,5-9,11,15H,2,4,10,12,20H2;1H. The summed E-state index contributed by atoms with van der Waals surface area (Å²) in [7, 11) is 0. The zero-order chi connectivity index (χ0) is 16.2. The van der Waals surface area contributed by atoms with Gasteiger partial charge >= 0.3 is 0 Å². The Hall–Kier alpha value is -1.56. The minimum atomic E-state index is 0. The summed E-state index contributed by atoms with van der Waals surface area (Å²) >= 11 is 3.41. The molecule has 2 aromatic carbocycles. The van der Waals surface area contributed by atoms with Gasteiger partial charge in [0, 0.05) is 29.2 Å². The van der Waals surface area contributed by atoms with Gasteiger partial charge in [-0.05, 0) is 55.3 Å². The first kappa shape index (κ1) is 18.8. The van der Waals surface area contributed by atoms with Crippen LogP contribution in [-0.4, -0.2) is 29.9 Å². The normalized spacial score (nSPS) is 17.1. The fourth-order valence-electron chi connectivity index (χ4n) is 2.71. The van der Waals surface area contributed by atoms with Crippen molar-refractivity contribution in [3.8, 4) is 11.5 Å². The molecule has 1 unspecified atom stereocenters. The highest BCUT2D eigenvalue weighted by molar-refractivity contribution is 9.10. The number of piperidine rings is 1. The molecule has 128 valence electrons. The van der Waals surface area contributed by atoms with E-state index in [1.54, 1.807) is 12.1 Å². The maximum absolute atomic E-state index is 12.5. The number of nitrogens with zero attached hydrogens (tertiary/aromatic N) is 1. The average Bonchev–Trinajstić information content (AvgIpc) is 2.55. The first-order valence-corrected chi connectivity index (χ1v) is 8.49. The van der Waals surface area contributed by atoms with Crippen molar-refractivity contribution >= 4 is 34.2 Å². The van der Waals surface area contributed by atoms with Gasteiger partial charge in [-0.1, -0.05) is 22.0 Å². The van der Waals surface area contributed by atoms with Crippen LogP contribution >= 0.6 is 28.3 Å². The second-order valence-electron chi connectivity index (χ2n) is 5.74. The summed E-state index contributed by atoms with van der Waals surface area (Å²) in [5, 5.41) is 0. The Kier molecular flexibility index (Phi) is 6.66. The van der Waals surface area contributed by atoms with Gasteiger partial charge in [0.05, 0.1) is 0 Å². The molecule has 4 nitrogen and oxygen atoms in total. The second kappa shape index (κ2) is 8.51. The minimum Gasteiger partial charge on any atom is -0.457 e. The molecule has 2 N–H and O–H groups in total.